The molecule has 2 aromatic rings. The number of carbonyl (C=O) groups excluding carboxylic acids is 1. The van der Waals surface area contributed by atoms with Crippen LogP contribution in [0.3, 0.4) is 0 Å². The molecule has 1 heterocycles. The molecule has 0 unspecified atom stereocenters. The molecule has 7 nitrogen and oxygen atoms in total. The van der Waals surface area contributed by atoms with E-state index in [0.717, 1.165) is 16.1 Å². The quantitative estimate of drug-likeness (QED) is 0.758. The van der Waals surface area contributed by atoms with Gasteiger partial charge in [0, 0.05) is 19.0 Å². The molecular formula is C22H28N2O5S. The number of sulfonamides is 1. The van der Waals surface area contributed by atoms with Crippen LogP contribution < -0.4 is 14.8 Å². The molecule has 1 aliphatic rings. The monoisotopic (exact) mass is 432 g/mol. The molecule has 30 heavy (non-hydrogen) atoms. The first-order valence-corrected chi connectivity index (χ1v) is 11.5. The van der Waals surface area contributed by atoms with Crippen LogP contribution in [0.4, 0.5) is 0 Å². The van der Waals surface area contributed by atoms with Gasteiger partial charge in [-0.15, -0.1) is 0 Å². The summed E-state index contributed by atoms with van der Waals surface area (Å²) in [5.74, 6) is 0.930. The van der Waals surface area contributed by atoms with Crippen molar-refractivity contribution in [3.8, 4) is 11.5 Å². The van der Waals surface area contributed by atoms with Crippen LogP contribution >= 0.6 is 0 Å². The maximum Gasteiger partial charge on any atom is 0.243 e. The number of methoxy groups -OCH3 is 1. The highest BCUT2D eigenvalue weighted by Gasteiger charge is 2.38. The van der Waals surface area contributed by atoms with Gasteiger partial charge in [-0.25, -0.2) is 8.42 Å². The second kappa shape index (κ2) is 8.28. The van der Waals surface area contributed by atoms with Crippen LogP contribution in [-0.4, -0.2) is 44.6 Å². The van der Waals surface area contributed by atoms with E-state index >= 15 is 0 Å². The fourth-order valence-electron chi connectivity index (χ4n) is 3.69. The van der Waals surface area contributed by atoms with E-state index in [1.54, 1.807) is 31.4 Å². The smallest absolute Gasteiger partial charge is 0.243 e. The number of hydrogen-bond acceptors (Lipinski definition) is 5. The molecule has 0 aliphatic carbocycles. The van der Waals surface area contributed by atoms with Gasteiger partial charge in [0.05, 0.1) is 19.4 Å². The van der Waals surface area contributed by atoms with Crippen molar-refractivity contribution in [2.24, 2.45) is 0 Å². The SMILES string of the molecule is COc1ccc2c(c1)[C@@H](NC(=O)[C@@H](c1ccccc1)N(C)S(C)(=O)=O)CC(C)(C)O2. The zero-order valence-corrected chi connectivity index (χ0v) is 18.7. The van der Waals surface area contributed by atoms with E-state index in [-0.39, 0.29) is 6.04 Å². The number of benzene rings is 2. The number of ether oxygens (including phenoxy) is 2. The van der Waals surface area contributed by atoms with E-state index in [1.807, 2.05) is 38.1 Å². The molecule has 8 heteroatoms. The topological polar surface area (TPSA) is 84.9 Å². The van der Waals surface area contributed by atoms with Crippen LogP contribution in [0.5, 0.6) is 11.5 Å². The molecule has 0 bridgehead atoms. The first-order chi connectivity index (χ1) is 14.0. The molecule has 0 saturated heterocycles. The Kier molecular flexibility index (Phi) is 6.10. The Morgan fingerprint density at radius 1 is 1.23 bits per heavy atom. The maximum absolute atomic E-state index is 13.4. The molecule has 2 atom stereocenters. The molecule has 0 fully saturated rings. The van der Waals surface area contributed by atoms with Gasteiger partial charge >= 0.3 is 0 Å². The summed E-state index contributed by atoms with van der Waals surface area (Å²) in [7, 11) is -0.609. The number of amides is 1. The third-order valence-corrected chi connectivity index (χ3v) is 6.50. The van der Waals surface area contributed by atoms with Crippen molar-refractivity contribution in [3.05, 3.63) is 59.7 Å². The van der Waals surface area contributed by atoms with Gasteiger partial charge < -0.3 is 14.8 Å². The summed E-state index contributed by atoms with van der Waals surface area (Å²) in [4.78, 5) is 13.4. The number of hydrogen-bond donors (Lipinski definition) is 1. The second-order valence-electron chi connectivity index (χ2n) is 8.12. The third kappa shape index (κ3) is 4.76. The molecule has 0 saturated carbocycles. The Balaban J connectivity index is 1.98. The van der Waals surface area contributed by atoms with Crippen molar-refractivity contribution in [2.45, 2.75) is 38.0 Å². The van der Waals surface area contributed by atoms with Crippen LogP contribution in [0.25, 0.3) is 0 Å². The lowest BCUT2D eigenvalue weighted by Gasteiger charge is -2.39. The van der Waals surface area contributed by atoms with Crippen LogP contribution in [0.1, 0.15) is 43.5 Å². The number of likely N-dealkylation sites (N-methyl/N-ethyl adjacent to an activating group) is 1. The van der Waals surface area contributed by atoms with E-state index in [4.69, 9.17) is 9.47 Å². The lowest BCUT2D eigenvalue weighted by atomic mass is 9.89. The molecule has 2 aromatic carbocycles. The average Bonchev–Trinajstić information content (AvgIpc) is 2.67. The van der Waals surface area contributed by atoms with Crippen molar-refractivity contribution >= 4 is 15.9 Å². The van der Waals surface area contributed by atoms with E-state index < -0.39 is 27.6 Å². The molecule has 1 amide bonds. The van der Waals surface area contributed by atoms with E-state index in [1.165, 1.54) is 7.05 Å². The fourth-order valence-corrected chi connectivity index (χ4v) is 4.29. The predicted octanol–water partition coefficient (Wildman–Crippen LogP) is 3.05. The molecule has 0 spiro atoms. The standard InChI is InChI=1S/C22H28N2O5S/c1-22(2)14-18(17-13-16(28-4)11-12-19(17)29-22)23-21(25)20(24(3)30(5,26)27)15-9-7-6-8-10-15/h6-13,18,20H,14H2,1-5H3,(H,23,25)/t18-,20+/m0/s1. The van der Waals surface area contributed by atoms with Crippen molar-refractivity contribution in [3.63, 3.8) is 0 Å². The number of nitrogens with one attached hydrogen (secondary N) is 1. The molecule has 0 aromatic heterocycles. The summed E-state index contributed by atoms with van der Waals surface area (Å²) in [6.45, 7) is 3.91. The number of rotatable bonds is 6. The number of carbonyl (C=O) groups is 1. The minimum atomic E-state index is -3.60. The van der Waals surface area contributed by atoms with Gasteiger partial charge in [0.2, 0.25) is 15.9 Å². The molecule has 0 radical (unpaired) electrons. The van der Waals surface area contributed by atoms with Crippen LogP contribution in [0, 0.1) is 0 Å². The molecule has 162 valence electrons. The highest BCUT2D eigenvalue weighted by molar-refractivity contribution is 7.88. The van der Waals surface area contributed by atoms with E-state index in [2.05, 4.69) is 5.32 Å². The second-order valence-corrected chi connectivity index (χ2v) is 10.2. The Bertz CT molecular complexity index is 1020. The van der Waals surface area contributed by atoms with Crippen LogP contribution in [0.15, 0.2) is 48.5 Å². The van der Waals surface area contributed by atoms with Gasteiger partial charge in [0.1, 0.15) is 23.1 Å². The fraction of sp³-hybridized carbons (Fsp3) is 0.409. The third-order valence-electron chi connectivity index (χ3n) is 5.24. The van der Waals surface area contributed by atoms with Gasteiger partial charge in [-0.05, 0) is 37.6 Å². The van der Waals surface area contributed by atoms with Gasteiger partial charge in [-0.2, -0.15) is 4.31 Å². The minimum absolute atomic E-state index is 0.356. The van der Waals surface area contributed by atoms with Crippen molar-refractivity contribution in [2.75, 3.05) is 20.4 Å². The normalized spacial score (nSPS) is 18.8. The van der Waals surface area contributed by atoms with Crippen LogP contribution in [-0.2, 0) is 14.8 Å². The summed E-state index contributed by atoms with van der Waals surface area (Å²) >= 11 is 0. The summed E-state index contributed by atoms with van der Waals surface area (Å²) in [5.41, 5.74) is 0.904. The molecule has 3 rings (SSSR count). The molecule has 1 aliphatic heterocycles. The Morgan fingerprint density at radius 2 is 1.90 bits per heavy atom. The Morgan fingerprint density at radius 3 is 2.50 bits per heavy atom. The summed E-state index contributed by atoms with van der Waals surface area (Å²) in [5, 5.41) is 3.05. The summed E-state index contributed by atoms with van der Waals surface area (Å²) < 4.78 is 37.0. The van der Waals surface area contributed by atoms with Gasteiger partial charge in [-0.1, -0.05) is 30.3 Å². The van der Waals surface area contributed by atoms with E-state index in [9.17, 15) is 13.2 Å². The Hall–Kier alpha value is -2.58. The van der Waals surface area contributed by atoms with Gasteiger partial charge in [0.15, 0.2) is 0 Å². The van der Waals surface area contributed by atoms with Gasteiger partial charge in [0.25, 0.3) is 0 Å². The number of fused-ring (bicyclic) bond motifs is 1. The first-order valence-electron chi connectivity index (χ1n) is 9.67. The highest BCUT2D eigenvalue weighted by atomic mass is 32.2. The Labute approximate surface area is 178 Å². The van der Waals surface area contributed by atoms with E-state index in [0.29, 0.717) is 23.5 Å². The zero-order chi connectivity index (χ0) is 22.1. The lowest BCUT2D eigenvalue weighted by molar-refractivity contribution is -0.126. The van der Waals surface area contributed by atoms with Gasteiger partial charge in [-0.3, -0.25) is 4.79 Å². The number of nitrogens with zero attached hydrogens (tertiary/aromatic N) is 1. The molecular weight excluding hydrogens is 404 g/mol. The summed E-state index contributed by atoms with van der Waals surface area (Å²) in [6, 6.07) is 13.0. The molecule has 1 N–H and O–H groups in total. The average molecular weight is 433 g/mol. The lowest BCUT2D eigenvalue weighted by Crippen LogP contribution is -2.46. The zero-order valence-electron chi connectivity index (χ0n) is 17.9. The van der Waals surface area contributed by atoms with Crippen molar-refractivity contribution in [1.29, 1.82) is 0 Å². The maximum atomic E-state index is 13.4. The first kappa shape index (κ1) is 22.1. The minimum Gasteiger partial charge on any atom is -0.497 e. The highest BCUT2D eigenvalue weighted by Crippen LogP contribution is 2.41. The summed E-state index contributed by atoms with van der Waals surface area (Å²) in [6.07, 6.45) is 1.62. The van der Waals surface area contributed by atoms with Crippen molar-refractivity contribution in [1.82, 2.24) is 9.62 Å². The van der Waals surface area contributed by atoms with Crippen LogP contribution in [0.2, 0.25) is 0 Å². The largest absolute Gasteiger partial charge is 0.497 e. The van der Waals surface area contributed by atoms with Crippen molar-refractivity contribution < 1.29 is 22.7 Å². The predicted molar refractivity (Wildman–Crippen MR) is 115 cm³/mol.